The third-order valence-electron chi connectivity index (χ3n) is 1.94. The fraction of sp³-hybridized carbons (Fsp3) is 0.222. The van der Waals surface area contributed by atoms with Crippen LogP contribution < -0.4 is 5.73 Å². The van der Waals surface area contributed by atoms with Gasteiger partial charge < -0.3 is 5.73 Å². The number of nitrogens with zero attached hydrogens (tertiary/aromatic N) is 3. The number of rotatable bonds is 2. The highest BCUT2D eigenvalue weighted by molar-refractivity contribution is 5.96. The van der Waals surface area contributed by atoms with E-state index in [2.05, 4.69) is 10.1 Å². The molecule has 0 saturated heterocycles. The van der Waals surface area contributed by atoms with E-state index in [1.165, 1.54) is 4.52 Å². The van der Waals surface area contributed by atoms with Gasteiger partial charge in [0.2, 0.25) is 0 Å². The van der Waals surface area contributed by atoms with Gasteiger partial charge in [0.1, 0.15) is 11.5 Å². The molecule has 2 heterocycles. The summed E-state index contributed by atoms with van der Waals surface area (Å²) in [5, 5.41) is 4.11. The molecule has 0 aliphatic rings. The molecule has 0 saturated carbocycles. The van der Waals surface area contributed by atoms with E-state index in [1.54, 1.807) is 25.1 Å². The summed E-state index contributed by atoms with van der Waals surface area (Å²) in [6.45, 7) is 1.77. The van der Waals surface area contributed by atoms with Crippen molar-refractivity contribution in [3.8, 4) is 0 Å². The second kappa shape index (κ2) is 3.19. The molecule has 0 aliphatic carbocycles. The first-order chi connectivity index (χ1) is 6.72. The molecule has 5 nitrogen and oxygen atoms in total. The van der Waals surface area contributed by atoms with Gasteiger partial charge in [0.05, 0.1) is 6.54 Å². The Morgan fingerprint density at radius 1 is 1.57 bits per heavy atom. The van der Waals surface area contributed by atoms with E-state index in [-0.39, 0.29) is 12.3 Å². The van der Waals surface area contributed by atoms with Crippen LogP contribution in [0.2, 0.25) is 0 Å². The average Bonchev–Trinajstić information content (AvgIpc) is 2.56. The van der Waals surface area contributed by atoms with Crippen LogP contribution in [0.25, 0.3) is 5.65 Å². The van der Waals surface area contributed by atoms with Crippen molar-refractivity contribution in [3.05, 3.63) is 29.7 Å². The molecule has 0 aliphatic heterocycles. The van der Waals surface area contributed by atoms with Gasteiger partial charge in [-0.2, -0.15) is 5.10 Å². The van der Waals surface area contributed by atoms with Gasteiger partial charge in [0.15, 0.2) is 11.4 Å². The van der Waals surface area contributed by atoms with Gasteiger partial charge in [0, 0.05) is 0 Å². The molecule has 0 aromatic carbocycles. The molecule has 2 rings (SSSR count). The Balaban J connectivity index is 2.70. The predicted molar refractivity (Wildman–Crippen MR) is 51.1 cm³/mol. The van der Waals surface area contributed by atoms with Crippen LogP contribution in [0, 0.1) is 6.92 Å². The number of carbonyl (C=O) groups excluding carboxylic acids is 1. The van der Waals surface area contributed by atoms with E-state index in [0.717, 1.165) is 0 Å². The van der Waals surface area contributed by atoms with Gasteiger partial charge >= 0.3 is 0 Å². The maximum Gasteiger partial charge on any atom is 0.194 e. The van der Waals surface area contributed by atoms with E-state index in [4.69, 9.17) is 5.73 Å². The van der Waals surface area contributed by atoms with Crippen LogP contribution in [-0.2, 0) is 0 Å². The Labute approximate surface area is 80.6 Å². The summed E-state index contributed by atoms with van der Waals surface area (Å²) in [6.07, 6.45) is 0. The maximum atomic E-state index is 11.4. The lowest BCUT2D eigenvalue weighted by molar-refractivity contribution is 0.0994. The molecular weight excluding hydrogens is 180 g/mol. The maximum absolute atomic E-state index is 11.4. The van der Waals surface area contributed by atoms with E-state index in [1.807, 2.05) is 0 Å². The zero-order chi connectivity index (χ0) is 10.1. The Morgan fingerprint density at radius 2 is 2.36 bits per heavy atom. The molecule has 0 radical (unpaired) electrons. The van der Waals surface area contributed by atoms with Gasteiger partial charge in [-0.05, 0) is 19.1 Å². The number of Topliss-reactive ketones (excluding diaryl/α,β-unsaturated/α-hetero) is 1. The molecule has 2 aromatic heterocycles. The molecular formula is C9H10N4O. The van der Waals surface area contributed by atoms with Gasteiger partial charge in [-0.3, -0.25) is 4.79 Å². The van der Waals surface area contributed by atoms with E-state index < -0.39 is 0 Å². The van der Waals surface area contributed by atoms with E-state index >= 15 is 0 Å². The summed E-state index contributed by atoms with van der Waals surface area (Å²) in [6, 6.07) is 5.26. The minimum atomic E-state index is -0.138. The summed E-state index contributed by atoms with van der Waals surface area (Å²) >= 11 is 0. The average molecular weight is 190 g/mol. The monoisotopic (exact) mass is 190 g/mol. The van der Waals surface area contributed by atoms with Crippen LogP contribution in [0.3, 0.4) is 0 Å². The number of nitrogens with two attached hydrogens (primary N) is 1. The highest BCUT2D eigenvalue weighted by atomic mass is 16.1. The quantitative estimate of drug-likeness (QED) is 0.685. The van der Waals surface area contributed by atoms with Crippen molar-refractivity contribution < 1.29 is 4.79 Å². The Hall–Kier alpha value is -1.75. The molecule has 14 heavy (non-hydrogen) atoms. The molecule has 0 atom stereocenters. The van der Waals surface area contributed by atoms with Gasteiger partial charge in [-0.1, -0.05) is 6.07 Å². The molecule has 2 aromatic rings. The van der Waals surface area contributed by atoms with E-state index in [9.17, 15) is 4.79 Å². The standard InChI is InChI=1S/C9H10N4O/c1-6-11-9-4-2-3-7(8(14)5-10)13(9)12-6/h2-4H,5,10H2,1H3. The van der Waals surface area contributed by atoms with Crippen molar-refractivity contribution in [2.24, 2.45) is 5.73 Å². The second-order valence-electron chi connectivity index (χ2n) is 2.97. The van der Waals surface area contributed by atoms with Crippen LogP contribution in [0.1, 0.15) is 16.3 Å². The Kier molecular flexibility index (Phi) is 2.01. The van der Waals surface area contributed by atoms with E-state index in [0.29, 0.717) is 17.2 Å². The first-order valence-electron chi connectivity index (χ1n) is 4.28. The summed E-state index contributed by atoms with van der Waals surface area (Å²) in [7, 11) is 0. The molecule has 0 amide bonds. The van der Waals surface area contributed by atoms with Gasteiger partial charge in [-0.25, -0.2) is 9.50 Å². The molecule has 0 fully saturated rings. The van der Waals surface area contributed by atoms with Crippen molar-refractivity contribution in [2.75, 3.05) is 6.54 Å². The van der Waals surface area contributed by atoms with Crippen molar-refractivity contribution in [1.29, 1.82) is 0 Å². The number of ketones is 1. The zero-order valence-electron chi connectivity index (χ0n) is 7.77. The fourth-order valence-corrected chi connectivity index (χ4v) is 1.33. The minimum Gasteiger partial charge on any atom is -0.324 e. The summed E-state index contributed by atoms with van der Waals surface area (Å²) < 4.78 is 1.52. The third-order valence-corrected chi connectivity index (χ3v) is 1.94. The largest absolute Gasteiger partial charge is 0.324 e. The second-order valence-corrected chi connectivity index (χ2v) is 2.97. The predicted octanol–water partition coefficient (Wildman–Crippen LogP) is 0.179. The third kappa shape index (κ3) is 1.27. The van der Waals surface area contributed by atoms with Crippen molar-refractivity contribution in [1.82, 2.24) is 14.6 Å². The number of aryl methyl sites for hydroxylation is 1. The SMILES string of the molecule is Cc1nc2cccc(C(=O)CN)n2n1. The summed E-state index contributed by atoms with van der Waals surface area (Å²) in [5.41, 5.74) is 6.44. The number of fused-ring (bicyclic) bond motifs is 1. The topological polar surface area (TPSA) is 73.3 Å². The van der Waals surface area contributed by atoms with Crippen molar-refractivity contribution >= 4 is 11.4 Å². The number of hydrogen-bond acceptors (Lipinski definition) is 4. The first-order valence-corrected chi connectivity index (χ1v) is 4.28. The lowest BCUT2D eigenvalue weighted by Crippen LogP contribution is -2.17. The molecule has 2 N–H and O–H groups in total. The normalized spacial score (nSPS) is 10.7. The zero-order valence-corrected chi connectivity index (χ0v) is 7.77. The number of aromatic nitrogens is 3. The molecule has 0 spiro atoms. The summed E-state index contributed by atoms with van der Waals surface area (Å²) in [5.74, 6) is 0.503. The van der Waals surface area contributed by atoms with Crippen molar-refractivity contribution in [2.45, 2.75) is 6.92 Å². The first kappa shape index (κ1) is 8.83. The highest BCUT2D eigenvalue weighted by Crippen LogP contribution is 2.05. The van der Waals surface area contributed by atoms with Crippen molar-refractivity contribution in [3.63, 3.8) is 0 Å². The van der Waals surface area contributed by atoms with Gasteiger partial charge in [0.25, 0.3) is 0 Å². The number of carbonyl (C=O) groups is 1. The highest BCUT2D eigenvalue weighted by Gasteiger charge is 2.09. The Morgan fingerprint density at radius 3 is 3.07 bits per heavy atom. The number of pyridine rings is 1. The van der Waals surface area contributed by atoms with Crippen LogP contribution in [0.4, 0.5) is 0 Å². The summed E-state index contributed by atoms with van der Waals surface area (Å²) in [4.78, 5) is 15.6. The number of hydrogen-bond donors (Lipinski definition) is 1. The molecule has 0 unspecified atom stereocenters. The molecule has 5 heteroatoms. The molecule has 0 bridgehead atoms. The van der Waals surface area contributed by atoms with Crippen LogP contribution in [0.5, 0.6) is 0 Å². The lowest BCUT2D eigenvalue weighted by atomic mass is 10.2. The smallest absolute Gasteiger partial charge is 0.194 e. The van der Waals surface area contributed by atoms with Crippen LogP contribution in [-0.4, -0.2) is 26.9 Å². The van der Waals surface area contributed by atoms with Crippen LogP contribution >= 0.6 is 0 Å². The fourth-order valence-electron chi connectivity index (χ4n) is 1.33. The van der Waals surface area contributed by atoms with Gasteiger partial charge in [-0.15, -0.1) is 0 Å². The lowest BCUT2D eigenvalue weighted by Gasteiger charge is -1.99. The van der Waals surface area contributed by atoms with Crippen LogP contribution in [0.15, 0.2) is 18.2 Å². The minimum absolute atomic E-state index is 0.0159. The Bertz CT molecular complexity index is 489. The molecule has 72 valence electrons.